The first-order valence-electron chi connectivity index (χ1n) is 3.91. The molecule has 0 radical (unpaired) electrons. The van der Waals surface area contributed by atoms with Crippen molar-refractivity contribution < 1.29 is 8.78 Å². The Bertz CT molecular complexity index is 402. The van der Waals surface area contributed by atoms with Gasteiger partial charge in [0.05, 0.1) is 0 Å². The van der Waals surface area contributed by atoms with Crippen molar-refractivity contribution in [1.29, 1.82) is 0 Å². The highest BCUT2D eigenvalue weighted by Crippen LogP contribution is 2.50. The molecule has 0 amide bonds. The molecule has 2 heteroatoms. The van der Waals surface area contributed by atoms with Gasteiger partial charge in [-0.05, 0) is 11.1 Å². The average molecular weight is 178 g/mol. The second kappa shape index (κ2) is 2.28. The van der Waals surface area contributed by atoms with E-state index >= 15 is 0 Å². The summed E-state index contributed by atoms with van der Waals surface area (Å²) < 4.78 is 26.8. The fourth-order valence-electron chi connectivity index (χ4n) is 1.53. The average Bonchev–Trinajstić information content (AvgIpc) is 2.30. The number of hydrogen-bond acceptors (Lipinski definition) is 0. The molecule has 0 spiro atoms. The number of alkyl halides is 2. The molecular weight excluding hydrogens is 170 g/mol. The molecule has 1 aromatic rings. The summed E-state index contributed by atoms with van der Waals surface area (Å²) in [6.45, 7) is 6.95. The van der Waals surface area contributed by atoms with Gasteiger partial charge in [0.25, 0.3) is 5.92 Å². The van der Waals surface area contributed by atoms with E-state index in [2.05, 4.69) is 13.2 Å². The molecular formula is C11H8F2. The highest BCUT2D eigenvalue weighted by molar-refractivity contribution is 5.86. The predicted octanol–water partition coefficient (Wildman–Crippen LogP) is 3.36. The lowest BCUT2D eigenvalue weighted by Gasteiger charge is -2.10. The van der Waals surface area contributed by atoms with Crippen LogP contribution in [0.1, 0.15) is 11.1 Å². The highest BCUT2D eigenvalue weighted by Gasteiger charge is 2.44. The molecule has 0 saturated carbocycles. The molecule has 1 aromatic carbocycles. The largest absolute Gasteiger partial charge is 0.299 e. The number of halogens is 2. The Morgan fingerprint density at radius 1 is 1.08 bits per heavy atom. The van der Waals surface area contributed by atoms with Crippen LogP contribution in [-0.2, 0) is 5.92 Å². The molecule has 0 aliphatic heterocycles. The van der Waals surface area contributed by atoms with Crippen molar-refractivity contribution in [2.75, 3.05) is 0 Å². The number of fused-ring (bicyclic) bond motifs is 1. The third-order valence-corrected chi connectivity index (χ3v) is 2.33. The van der Waals surface area contributed by atoms with Gasteiger partial charge in [0, 0.05) is 11.1 Å². The van der Waals surface area contributed by atoms with E-state index in [1.54, 1.807) is 18.2 Å². The van der Waals surface area contributed by atoms with Crippen molar-refractivity contribution >= 4 is 5.57 Å². The van der Waals surface area contributed by atoms with Crippen LogP contribution in [0, 0.1) is 0 Å². The monoisotopic (exact) mass is 178 g/mol. The Morgan fingerprint density at radius 2 is 1.69 bits per heavy atom. The number of allylic oxidation sites excluding steroid dienone is 2. The molecule has 1 aliphatic carbocycles. The lowest BCUT2D eigenvalue weighted by Crippen LogP contribution is -2.09. The molecule has 1 aliphatic rings. The van der Waals surface area contributed by atoms with E-state index in [4.69, 9.17) is 0 Å². The van der Waals surface area contributed by atoms with Crippen molar-refractivity contribution in [3.8, 4) is 0 Å². The summed E-state index contributed by atoms with van der Waals surface area (Å²) in [5.41, 5.74) is 0.691. The summed E-state index contributed by atoms with van der Waals surface area (Å²) in [4.78, 5) is 0. The van der Waals surface area contributed by atoms with Gasteiger partial charge in [-0.2, -0.15) is 8.78 Å². The van der Waals surface area contributed by atoms with Crippen LogP contribution in [0.25, 0.3) is 5.57 Å². The van der Waals surface area contributed by atoms with Gasteiger partial charge in [-0.25, -0.2) is 0 Å². The SMILES string of the molecule is C=C1C(=C)C(F)(F)c2ccccc21. The van der Waals surface area contributed by atoms with Crippen LogP contribution in [0.3, 0.4) is 0 Å². The van der Waals surface area contributed by atoms with Crippen molar-refractivity contribution in [3.05, 3.63) is 54.1 Å². The van der Waals surface area contributed by atoms with Crippen LogP contribution in [0.4, 0.5) is 8.78 Å². The summed E-state index contributed by atoms with van der Waals surface area (Å²) in [6.07, 6.45) is 0. The van der Waals surface area contributed by atoms with E-state index in [9.17, 15) is 8.78 Å². The zero-order valence-corrected chi connectivity index (χ0v) is 6.98. The van der Waals surface area contributed by atoms with E-state index in [0.29, 0.717) is 11.1 Å². The normalized spacial score (nSPS) is 18.9. The molecule has 0 N–H and O–H groups in total. The molecule has 66 valence electrons. The van der Waals surface area contributed by atoms with E-state index in [1.807, 2.05) is 0 Å². The van der Waals surface area contributed by atoms with Crippen molar-refractivity contribution in [2.24, 2.45) is 0 Å². The summed E-state index contributed by atoms with van der Waals surface area (Å²) in [7, 11) is 0. The van der Waals surface area contributed by atoms with Crippen molar-refractivity contribution in [1.82, 2.24) is 0 Å². The molecule has 0 unspecified atom stereocenters. The highest BCUT2D eigenvalue weighted by atomic mass is 19.3. The van der Waals surface area contributed by atoms with E-state index in [1.165, 1.54) is 6.07 Å². The second-order valence-corrected chi connectivity index (χ2v) is 3.08. The topological polar surface area (TPSA) is 0 Å². The quantitative estimate of drug-likeness (QED) is 0.571. The second-order valence-electron chi connectivity index (χ2n) is 3.08. The van der Waals surface area contributed by atoms with Gasteiger partial charge in [0.1, 0.15) is 0 Å². The molecule has 0 heterocycles. The van der Waals surface area contributed by atoms with Gasteiger partial charge < -0.3 is 0 Å². The first kappa shape index (κ1) is 8.17. The summed E-state index contributed by atoms with van der Waals surface area (Å²) in [6, 6.07) is 6.37. The Labute approximate surface area is 75.2 Å². The molecule has 0 bridgehead atoms. The first-order chi connectivity index (χ1) is 6.05. The summed E-state index contributed by atoms with van der Waals surface area (Å²) >= 11 is 0. The van der Waals surface area contributed by atoms with Gasteiger partial charge in [-0.15, -0.1) is 0 Å². The third-order valence-electron chi connectivity index (χ3n) is 2.33. The molecule has 0 aromatic heterocycles. The zero-order chi connectivity index (χ0) is 9.64. The fraction of sp³-hybridized carbons (Fsp3) is 0.0909. The summed E-state index contributed by atoms with van der Waals surface area (Å²) in [5, 5.41) is 0. The standard InChI is InChI=1S/C11H8F2/c1-7-8(2)11(12,13)10-6-4-3-5-9(7)10/h3-6H,1-2H2. The van der Waals surface area contributed by atoms with Gasteiger partial charge >= 0.3 is 0 Å². The molecule has 13 heavy (non-hydrogen) atoms. The number of rotatable bonds is 0. The predicted molar refractivity (Wildman–Crippen MR) is 48.5 cm³/mol. The molecule has 0 fully saturated rings. The summed E-state index contributed by atoms with van der Waals surface area (Å²) in [5.74, 6) is -2.94. The van der Waals surface area contributed by atoms with E-state index < -0.39 is 5.92 Å². The van der Waals surface area contributed by atoms with Crippen LogP contribution in [0.15, 0.2) is 43.0 Å². The number of benzene rings is 1. The molecule has 0 atom stereocenters. The van der Waals surface area contributed by atoms with Gasteiger partial charge in [-0.1, -0.05) is 37.4 Å². The zero-order valence-electron chi connectivity index (χ0n) is 6.98. The van der Waals surface area contributed by atoms with Gasteiger partial charge in [0.15, 0.2) is 0 Å². The Morgan fingerprint density at radius 3 is 2.31 bits per heavy atom. The maximum Gasteiger partial charge on any atom is 0.299 e. The minimum absolute atomic E-state index is 0.0185. The van der Waals surface area contributed by atoms with Crippen LogP contribution in [0.2, 0.25) is 0 Å². The minimum atomic E-state index is -2.94. The van der Waals surface area contributed by atoms with E-state index in [0.717, 1.165) is 0 Å². The van der Waals surface area contributed by atoms with Crippen molar-refractivity contribution in [3.63, 3.8) is 0 Å². The Balaban J connectivity index is 2.75. The van der Waals surface area contributed by atoms with Crippen LogP contribution < -0.4 is 0 Å². The van der Waals surface area contributed by atoms with Crippen LogP contribution >= 0.6 is 0 Å². The lowest BCUT2D eigenvalue weighted by atomic mass is 10.1. The maximum atomic E-state index is 13.4. The Kier molecular flexibility index (Phi) is 1.44. The van der Waals surface area contributed by atoms with Gasteiger partial charge in [0.2, 0.25) is 0 Å². The molecule has 2 rings (SSSR count). The molecule has 0 nitrogen and oxygen atoms in total. The van der Waals surface area contributed by atoms with Crippen LogP contribution in [0.5, 0.6) is 0 Å². The van der Waals surface area contributed by atoms with Crippen molar-refractivity contribution in [2.45, 2.75) is 5.92 Å². The number of hydrogen-bond donors (Lipinski definition) is 0. The smallest absolute Gasteiger partial charge is 0.196 e. The third kappa shape index (κ3) is 0.886. The van der Waals surface area contributed by atoms with Crippen LogP contribution in [-0.4, -0.2) is 0 Å². The lowest BCUT2D eigenvalue weighted by molar-refractivity contribution is 0.0484. The maximum absolute atomic E-state index is 13.4. The minimum Gasteiger partial charge on any atom is -0.196 e. The molecule has 0 saturated heterocycles. The van der Waals surface area contributed by atoms with Gasteiger partial charge in [-0.3, -0.25) is 0 Å². The van der Waals surface area contributed by atoms with E-state index in [-0.39, 0.29) is 11.1 Å². The Hall–Kier alpha value is -1.44. The first-order valence-corrected chi connectivity index (χ1v) is 3.91. The fourth-order valence-corrected chi connectivity index (χ4v) is 1.53.